The van der Waals surface area contributed by atoms with Gasteiger partial charge >= 0.3 is 17.9 Å². The summed E-state index contributed by atoms with van der Waals surface area (Å²) >= 11 is 0. The molecule has 0 spiro atoms. The van der Waals surface area contributed by atoms with E-state index in [1.54, 1.807) is 0 Å². The van der Waals surface area contributed by atoms with Gasteiger partial charge in [-0.25, -0.2) is 0 Å². The third-order valence-corrected chi connectivity index (χ3v) is 10.0. The number of carbonyl (C=O) groups is 3. The van der Waals surface area contributed by atoms with Gasteiger partial charge in [-0.3, -0.25) is 14.4 Å². The van der Waals surface area contributed by atoms with E-state index in [9.17, 15) is 14.4 Å². The van der Waals surface area contributed by atoms with Crippen LogP contribution in [0.5, 0.6) is 0 Å². The molecule has 0 aromatic rings. The fraction of sp³-hybridized carbons (Fsp3) is 0.655. The summed E-state index contributed by atoms with van der Waals surface area (Å²) in [5.41, 5.74) is 0. The number of esters is 3. The van der Waals surface area contributed by atoms with Gasteiger partial charge < -0.3 is 14.2 Å². The lowest BCUT2D eigenvalue weighted by Crippen LogP contribution is -2.30. The molecule has 0 aliphatic carbocycles. The zero-order valence-corrected chi connectivity index (χ0v) is 39.4. The van der Waals surface area contributed by atoms with Gasteiger partial charge in [0.2, 0.25) is 0 Å². The average molecular weight is 847 g/mol. The Morgan fingerprint density at radius 3 is 1.10 bits per heavy atom. The number of ether oxygens (including phenoxy) is 3. The highest BCUT2D eigenvalue weighted by Crippen LogP contribution is 2.12. The van der Waals surface area contributed by atoms with Gasteiger partial charge in [0, 0.05) is 19.3 Å². The van der Waals surface area contributed by atoms with Crippen LogP contribution < -0.4 is 0 Å². The minimum atomic E-state index is -0.801. The first kappa shape index (κ1) is 57.3. The standard InChI is InChI=1S/C55H90O6/c1-4-7-10-13-16-19-22-24-25-26-27-28-29-31-33-36-39-42-45-48-54(57)60-51-52(50-59-53(56)47-44-41-38-35-32-21-18-15-12-9-6-3)61-55(58)49-46-43-40-37-34-30-23-20-17-14-11-8-5-2/h7,10-11,14-16,18-20,23-25,27-28,31,33,52H,4-6,8-9,12-13,17,21-22,26,29-30,32,34-51H2,1-3H3/b10-7-,14-11-,18-15-,19-16-,23-20-,25-24-,28-27-,33-31-. The van der Waals surface area contributed by atoms with Gasteiger partial charge in [-0.2, -0.15) is 0 Å². The molecule has 0 aromatic heterocycles. The summed E-state index contributed by atoms with van der Waals surface area (Å²) in [6.45, 7) is 6.35. The smallest absolute Gasteiger partial charge is 0.306 e. The van der Waals surface area contributed by atoms with Crippen molar-refractivity contribution in [3.63, 3.8) is 0 Å². The lowest BCUT2D eigenvalue weighted by atomic mass is 10.1. The van der Waals surface area contributed by atoms with Crippen molar-refractivity contribution in [3.8, 4) is 0 Å². The largest absolute Gasteiger partial charge is 0.462 e. The summed E-state index contributed by atoms with van der Waals surface area (Å²) in [5, 5.41) is 0. The first-order valence-electron chi connectivity index (χ1n) is 24.7. The molecule has 0 bridgehead atoms. The van der Waals surface area contributed by atoms with Gasteiger partial charge in [0.15, 0.2) is 6.10 Å². The number of hydrogen-bond donors (Lipinski definition) is 0. The molecular formula is C55H90O6. The molecule has 0 rings (SSSR count). The van der Waals surface area contributed by atoms with Gasteiger partial charge in [0.25, 0.3) is 0 Å². The molecule has 1 atom stereocenters. The van der Waals surface area contributed by atoms with Crippen LogP contribution in [0.1, 0.15) is 213 Å². The molecule has 0 aromatic carbocycles. The number of carbonyl (C=O) groups excluding carboxylic acids is 3. The molecule has 0 saturated heterocycles. The van der Waals surface area contributed by atoms with Crippen LogP contribution in [0.4, 0.5) is 0 Å². The quantitative estimate of drug-likeness (QED) is 0.0263. The molecule has 6 heteroatoms. The predicted molar refractivity (Wildman–Crippen MR) is 260 cm³/mol. The Morgan fingerprint density at radius 2 is 0.672 bits per heavy atom. The minimum absolute atomic E-state index is 0.0998. The lowest BCUT2D eigenvalue weighted by Gasteiger charge is -2.18. The Balaban J connectivity index is 4.46. The molecular weight excluding hydrogens is 757 g/mol. The molecule has 346 valence electrons. The van der Waals surface area contributed by atoms with Gasteiger partial charge in [-0.15, -0.1) is 0 Å². The number of hydrogen-bond acceptors (Lipinski definition) is 6. The second kappa shape index (κ2) is 49.0. The topological polar surface area (TPSA) is 78.9 Å². The molecule has 0 aliphatic heterocycles. The molecule has 0 N–H and O–H groups in total. The molecule has 0 fully saturated rings. The highest BCUT2D eigenvalue weighted by Gasteiger charge is 2.19. The minimum Gasteiger partial charge on any atom is -0.462 e. The van der Waals surface area contributed by atoms with Crippen LogP contribution in [0.15, 0.2) is 97.2 Å². The Kier molecular flexibility index (Phi) is 46.0. The predicted octanol–water partition coefficient (Wildman–Crippen LogP) is 16.2. The second-order valence-electron chi connectivity index (χ2n) is 16.0. The molecule has 0 radical (unpaired) electrons. The lowest BCUT2D eigenvalue weighted by molar-refractivity contribution is -0.167. The van der Waals surface area contributed by atoms with Crippen LogP contribution in [0.25, 0.3) is 0 Å². The normalized spacial score (nSPS) is 12.9. The van der Waals surface area contributed by atoms with Crippen molar-refractivity contribution in [1.82, 2.24) is 0 Å². The molecule has 0 saturated carbocycles. The van der Waals surface area contributed by atoms with E-state index >= 15 is 0 Å². The fourth-order valence-electron chi connectivity index (χ4n) is 6.31. The van der Waals surface area contributed by atoms with Crippen molar-refractivity contribution in [1.29, 1.82) is 0 Å². The van der Waals surface area contributed by atoms with Gasteiger partial charge in [0.05, 0.1) is 0 Å². The first-order valence-corrected chi connectivity index (χ1v) is 24.7. The Bertz CT molecular complexity index is 1250. The van der Waals surface area contributed by atoms with Gasteiger partial charge in [-0.1, -0.05) is 182 Å². The van der Waals surface area contributed by atoms with E-state index in [1.807, 2.05) is 0 Å². The molecule has 1 unspecified atom stereocenters. The molecule has 61 heavy (non-hydrogen) atoms. The van der Waals surface area contributed by atoms with Crippen molar-refractivity contribution in [2.75, 3.05) is 13.2 Å². The van der Waals surface area contributed by atoms with Crippen molar-refractivity contribution in [2.24, 2.45) is 0 Å². The van der Waals surface area contributed by atoms with Crippen LogP contribution >= 0.6 is 0 Å². The van der Waals surface area contributed by atoms with E-state index in [1.165, 1.54) is 32.1 Å². The average Bonchev–Trinajstić information content (AvgIpc) is 3.26. The third kappa shape index (κ3) is 47.2. The summed E-state index contributed by atoms with van der Waals surface area (Å²) in [6.07, 6.45) is 63.9. The van der Waals surface area contributed by atoms with E-state index in [-0.39, 0.29) is 31.1 Å². The Labute approximate surface area is 375 Å². The summed E-state index contributed by atoms with van der Waals surface area (Å²) in [7, 11) is 0. The molecule has 0 amide bonds. The molecule has 0 aliphatic rings. The molecule has 0 heterocycles. The van der Waals surface area contributed by atoms with E-state index < -0.39 is 6.10 Å². The van der Waals surface area contributed by atoms with Crippen LogP contribution in [0.3, 0.4) is 0 Å². The van der Waals surface area contributed by atoms with Crippen LogP contribution in [0.2, 0.25) is 0 Å². The number of rotatable bonds is 43. The van der Waals surface area contributed by atoms with Crippen molar-refractivity contribution >= 4 is 17.9 Å². The van der Waals surface area contributed by atoms with Crippen molar-refractivity contribution < 1.29 is 28.6 Å². The van der Waals surface area contributed by atoms with Crippen LogP contribution in [-0.2, 0) is 28.6 Å². The van der Waals surface area contributed by atoms with E-state index in [4.69, 9.17) is 14.2 Å². The monoisotopic (exact) mass is 847 g/mol. The highest BCUT2D eigenvalue weighted by atomic mass is 16.6. The van der Waals surface area contributed by atoms with Crippen molar-refractivity contribution in [3.05, 3.63) is 97.2 Å². The maximum Gasteiger partial charge on any atom is 0.306 e. The van der Waals surface area contributed by atoms with Crippen LogP contribution in [-0.4, -0.2) is 37.2 Å². The third-order valence-electron chi connectivity index (χ3n) is 10.0. The SMILES string of the molecule is CC/C=C\C/C=C\C/C=C\C/C=C\C/C=C\CCCCCC(=O)OCC(COC(=O)CCCCCCC/C=C\CCCC)OC(=O)CCCCCCC/C=C\C/C=C\CCC. The second-order valence-corrected chi connectivity index (χ2v) is 16.0. The summed E-state index contributed by atoms with van der Waals surface area (Å²) in [5.74, 6) is -0.963. The van der Waals surface area contributed by atoms with E-state index in [0.717, 1.165) is 141 Å². The zero-order valence-electron chi connectivity index (χ0n) is 39.4. The van der Waals surface area contributed by atoms with Crippen molar-refractivity contribution in [2.45, 2.75) is 219 Å². The molecule has 6 nitrogen and oxygen atoms in total. The zero-order chi connectivity index (χ0) is 44.4. The maximum absolute atomic E-state index is 12.8. The summed E-state index contributed by atoms with van der Waals surface area (Å²) < 4.78 is 16.7. The Hall–Kier alpha value is -3.67. The number of allylic oxidation sites excluding steroid dienone is 16. The summed E-state index contributed by atoms with van der Waals surface area (Å²) in [4.78, 5) is 37.9. The van der Waals surface area contributed by atoms with E-state index in [2.05, 4.69) is 118 Å². The highest BCUT2D eigenvalue weighted by molar-refractivity contribution is 5.71. The Morgan fingerprint density at radius 1 is 0.344 bits per heavy atom. The van der Waals surface area contributed by atoms with Gasteiger partial charge in [0.1, 0.15) is 13.2 Å². The maximum atomic E-state index is 12.8. The van der Waals surface area contributed by atoms with Crippen LogP contribution in [0, 0.1) is 0 Å². The number of unbranched alkanes of at least 4 members (excludes halogenated alkanes) is 16. The fourth-order valence-corrected chi connectivity index (χ4v) is 6.31. The van der Waals surface area contributed by atoms with Gasteiger partial charge in [-0.05, 0) is 109 Å². The van der Waals surface area contributed by atoms with E-state index in [0.29, 0.717) is 19.3 Å². The summed E-state index contributed by atoms with van der Waals surface area (Å²) in [6, 6.07) is 0. The first-order chi connectivity index (χ1) is 30.0.